The van der Waals surface area contributed by atoms with Crippen molar-refractivity contribution in [2.75, 3.05) is 13.1 Å². The molecule has 0 aromatic heterocycles. The van der Waals surface area contributed by atoms with E-state index in [1.54, 1.807) is 0 Å². The van der Waals surface area contributed by atoms with Crippen LogP contribution in [0, 0.1) is 17.6 Å². The molecule has 1 aromatic rings. The fraction of sp³-hybridized carbons (Fsp3) is 0.385. The molecule has 1 aliphatic heterocycles. The van der Waals surface area contributed by atoms with Crippen molar-refractivity contribution in [1.29, 1.82) is 0 Å². The number of piperidine rings is 1. The average molecular weight is 269 g/mol. The molecule has 1 fully saturated rings. The van der Waals surface area contributed by atoms with E-state index < -0.39 is 29.4 Å². The molecule has 0 saturated carbocycles. The highest BCUT2D eigenvalue weighted by atomic mass is 19.2. The summed E-state index contributed by atoms with van der Waals surface area (Å²) in [7, 11) is 0. The van der Waals surface area contributed by atoms with Crippen LogP contribution in [0.15, 0.2) is 18.2 Å². The smallest absolute Gasteiger partial charge is 0.407 e. The molecule has 1 atom stereocenters. The first-order chi connectivity index (χ1) is 9.00. The van der Waals surface area contributed by atoms with E-state index in [-0.39, 0.29) is 12.1 Å². The number of rotatable bonds is 2. The van der Waals surface area contributed by atoms with Gasteiger partial charge in [-0.25, -0.2) is 13.6 Å². The lowest BCUT2D eigenvalue weighted by Gasteiger charge is -2.29. The summed E-state index contributed by atoms with van der Waals surface area (Å²) >= 11 is 0. The summed E-state index contributed by atoms with van der Waals surface area (Å²) in [6, 6.07) is 3.43. The number of hydrogen-bond donors (Lipinski definition) is 1. The van der Waals surface area contributed by atoms with Crippen LogP contribution in [0.3, 0.4) is 0 Å². The molecule has 1 aliphatic rings. The van der Waals surface area contributed by atoms with Crippen LogP contribution in [0.1, 0.15) is 23.2 Å². The van der Waals surface area contributed by atoms with Gasteiger partial charge in [0.1, 0.15) is 0 Å². The van der Waals surface area contributed by atoms with Crippen LogP contribution in [0.4, 0.5) is 13.6 Å². The van der Waals surface area contributed by atoms with Crippen molar-refractivity contribution in [2.24, 2.45) is 5.92 Å². The lowest BCUT2D eigenvalue weighted by Crippen LogP contribution is -2.41. The minimum Gasteiger partial charge on any atom is -0.465 e. The van der Waals surface area contributed by atoms with Crippen molar-refractivity contribution in [1.82, 2.24) is 4.90 Å². The maximum Gasteiger partial charge on any atom is 0.407 e. The maximum atomic E-state index is 13.5. The Morgan fingerprint density at radius 3 is 2.74 bits per heavy atom. The molecule has 0 aliphatic carbocycles. The van der Waals surface area contributed by atoms with Gasteiger partial charge in [0.25, 0.3) is 0 Å². The van der Waals surface area contributed by atoms with Gasteiger partial charge in [0, 0.05) is 19.0 Å². The first-order valence-corrected chi connectivity index (χ1v) is 5.97. The predicted molar refractivity (Wildman–Crippen MR) is 63.0 cm³/mol. The molecule has 0 bridgehead atoms. The van der Waals surface area contributed by atoms with Crippen LogP contribution in [-0.4, -0.2) is 35.0 Å². The van der Waals surface area contributed by atoms with Gasteiger partial charge in [-0.2, -0.15) is 0 Å². The zero-order valence-corrected chi connectivity index (χ0v) is 10.1. The third-order valence-electron chi connectivity index (χ3n) is 3.28. The fourth-order valence-electron chi connectivity index (χ4n) is 2.28. The van der Waals surface area contributed by atoms with E-state index in [2.05, 4.69) is 0 Å². The molecule has 0 radical (unpaired) electrons. The summed E-state index contributed by atoms with van der Waals surface area (Å²) in [6.07, 6.45) is -0.0738. The van der Waals surface area contributed by atoms with E-state index in [4.69, 9.17) is 5.11 Å². The standard InChI is InChI=1S/C13H13F2NO3/c14-10-5-1-4-9(11(10)15)12(17)8-3-2-6-16(7-8)13(18)19/h1,4-5,8H,2-3,6-7H2,(H,18,19). The van der Waals surface area contributed by atoms with Crippen LogP contribution in [0.25, 0.3) is 0 Å². The number of Topliss-reactive ketones (excluding diaryl/α,β-unsaturated/α-hetero) is 1. The molecule has 2 rings (SSSR count). The Hall–Kier alpha value is -1.98. The van der Waals surface area contributed by atoms with Gasteiger partial charge >= 0.3 is 6.09 Å². The highest BCUT2D eigenvalue weighted by Gasteiger charge is 2.30. The Morgan fingerprint density at radius 2 is 2.05 bits per heavy atom. The van der Waals surface area contributed by atoms with Gasteiger partial charge in [-0.15, -0.1) is 0 Å². The van der Waals surface area contributed by atoms with Crippen LogP contribution in [-0.2, 0) is 0 Å². The number of halogens is 2. The van der Waals surface area contributed by atoms with Crippen molar-refractivity contribution < 1.29 is 23.5 Å². The van der Waals surface area contributed by atoms with Crippen molar-refractivity contribution in [2.45, 2.75) is 12.8 Å². The third kappa shape index (κ3) is 2.72. The number of benzene rings is 1. The normalized spacial score (nSPS) is 19.3. The van der Waals surface area contributed by atoms with Crippen LogP contribution in [0.2, 0.25) is 0 Å². The van der Waals surface area contributed by atoms with Gasteiger partial charge < -0.3 is 10.0 Å². The van der Waals surface area contributed by atoms with E-state index in [0.717, 1.165) is 11.0 Å². The second-order valence-electron chi connectivity index (χ2n) is 4.53. The van der Waals surface area contributed by atoms with Gasteiger partial charge in [0.15, 0.2) is 17.4 Å². The Balaban J connectivity index is 2.19. The Labute approximate surface area is 108 Å². The summed E-state index contributed by atoms with van der Waals surface area (Å²) in [6.45, 7) is 0.398. The minimum atomic E-state index is -1.17. The number of amides is 1. The molecule has 1 amide bonds. The molecule has 4 nitrogen and oxygen atoms in total. The summed E-state index contributed by atoms with van der Waals surface area (Å²) in [5.41, 5.74) is -0.308. The van der Waals surface area contributed by atoms with Crippen molar-refractivity contribution >= 4 is 11.9 Å². The van der Waals surface area contributed by atoms with Crippen LogP contribution >= 0.6 is 0 Å². The highest BCUT2D eigenvalue weighted by Crippen LogP contribution is 2.23. The second kappa shape index (κ2) is 5.34. The topological polar surface area (TPSA) is 57.6 Å². The molecule has 102 valence electrons. The zero-order valence-electron chi connectivity index (χ0n) is 10.1. The molecular weight excluding hydrogens is 256 g/mol. The summed E-state index contributed by atoms with van der Waals surface area (Å²) in [5.74, 6) is -3.39. The van der Waals surface area contributed by atoms with Gasteiger partial charge in [0.05, 0.1) is 5.56 Å². The maximum absolute atomic E-state index is 13.5. The average Bonchev–Trinajstić information content (AvgIpc) is 2.41. The zero-order chi connectivity index (χ0) is 14.0. The number of carbonyl (C=O) groups excluding carboxylic acids is 1. The third-order valence-corrected chi connectivity index (χ3v) is 3.28. The molecule has 1 aromatic carbocycles. The number of carbonyl (C=O) groups is 2. The largest absolute Gasteiger partial charge is 0.465 e. The van der Waals surface area contributed by atoms with Crippen LogP contribution < -0.4 is 0 Å². The number of hydrogen-bond acceptors (Lipinski definition) is 2. The lowest BCUT2D eigenvalue weighted by molar-refractivity contribution is 0.0802. The van der Waals surface area contributed by atoms with Crippen molar-refractivity contribution in [3.05, 3.63) is 35.4 Å². The lowest BCUT2D eigenvalue weighted by atomic mass is 9.90. The summed E-state index contributed by atoms with van der Waals surface area (Å²) < 4.78 is 26.6. The number of ketones is 1. The molecule has 1 unspecified atom stereocenters. The van der Waals surface area contributed by atoms with Gasteiger partial charge in [0.2, 0.25) is 0 Å². The first-order valence-electron chi connectivity index (χ1n) is 5.97. The molecule has 0 spiro atoms. The van der Waals surface area contributed by atoms with Crippen molar-refractivity contribution in [3.63, 3.8) is 0 Å². The Morgan fingerprint density at radius 1 is 1.32 bits per heavy atom. The van der Waals surface area contributed by atoms with Crippen LogP contribution in [0.5, 0.6) is 0 Å². The molecule has 19 heavy (non-hydrogen) atoms. The first kappa shape index (κ1) is 13.5. The number of nitrogens with zero attached hydrogens (tertiary/aromatic N) is 1. The number of carboxylic acid groups (broad SMARTS) is 1. The SMILES string of the molecule is O=C(c1cccc(F)c1F)C1CCCN(C(=O)O)C1. The summed E-state index contributed by atoms with van der Waals surface area (Å²) in [4.78, 5) is 24.1. The summed E-state index contributed by atoms with van der Waals surface area (Å²) in [5, 5.41) is 8.89. The van der Waals surface area contributed by atoms with Crippen molar-refractivity contribution in [3.8, 4) is 0 Å². The van der Waals surface area contributed by atoms with Gasteiger partial charge in [-0.05, 0) is 25.0 Å². The van der Waals surface area contributed by atoms with E-state index in [1.165, 1.54) is 12.1 Å². The van der Waals surface area contributed by atoms with E-state index >= 15 is 0 Å². The molecule has 1 saturated heterocycles. The van der Waals surface area contributed by atoms with E-state index in [9.17, 15) is 18.4 Å². The monoisotopic (exact) mass is 269 g/mol. The highest BCUT2D eigenvalue weighted by molar-refractivity contribution is 5.98. The Bertz CT molecular complexity index is 519. The number of likely N-dealkylation sites (tertiary alicyclic amines) is 1. The quantitative estimate of drug-likeness (QED) is 0.839. The molecule has 1 N–H and O–H groups in total. The predicted octanol–water partition coefficient (Wildman–Crippen LogP) is 2.54. The molecular formula is C13H13F2NO3. The fourth-order valence-corrected chi connectivity index (χ4v) is 2.28. The molecule has 6 heteroatoms. The van der Waals surface area contributed by atoms with Gasteiger partial charge in [-0.1, -0.05) is 6.07 Å². The van der Waals surface area contributed by atoms with E-state index in [0.29, 0.717) is 19.4 Å². The second-order valence-corrected chi connectivity index (χ2v) is 4.53. The molecule has 1 heterocycles. The van der Waals surface area contributed by atoms with Gasteiger partial charge in [-0.3, -0.25) is 4.79 Å². The minimum absolute atomic E-state index is 0.0319. The Kier molecular flexibility index (Phi) is 3.78. The van der Waals surface area contributed by atoms with E-state index in [1.807, 2.05) is 0 Å².